The Balaban J connectivity index is 2.05. The van der Waals surface area contributed by atoms with Crippen molar-refractivity contribution in [1.82, 2.24) is 9.78 Å². The molecule has 2 N–H and O–H groups in total. The number of anilines is 1. The Kier molecular flexibility index (Phi) is 4.15. The fourth-order valence-corrected chi connectivity index (χ4v) is 2.54. The molecule has 18 heavy (non-hydrogen) atoms. The Morgan fingerprint density at radius 1 is 1.44 bits per heavy atom. The van der Waals surface area contributed by atoms with E-state index in [-0.39, 0.29) is 0 Å². The Morgan fingerprint density at radius 2 is 2.28 bits per heavy atom. The van der Waals surface area contributed by atoms with Gasteiger partial charge in [-0.05, 0) is 19.1 Å². The molecule has 0 unspecified atom stereocenters. The molecule has 0 spiro atoms. The standard InChI is InChI=1S/C13H17N3OS/c1-3-16-8-10(7-15-16)9-18-13-5-4-11(14)6-12(13)17-2/h4-8H,3,9,14H2,1-2H3. The molecule has 1 aromatic heterocycles. The van der Waals surface area contributed by atoms with Crippen LogP contribution in [-0.2, 0) is 12.3 Å². The van der Waals surface area contributed by atoms with Crippen LogP contribution in [0.5, 0.6) is 5.75 Å². The Hall–Kier alpha value is -1.62. The third kappa shape index (κ3) is 2.98. The summed E-state index contributed by atoms with van der Waals surface area (Å²) in [5.74, 6) is 1.70. The first-order valence-corrected chi connectivity index (χ1v) is 6.79. The summed E-state index contributed by atoms with van der Waals surface area (Å²) in [5.41, 5.74) is 7.66. The predicted molar refractivity (Wildman–Crippen MR) is 74.9 cm³/mol. The number of benzene rings is 1. The Bertz CT molecular complexity index is 525. The smallest absolute Gasteiger partial charge is 0.134 e. The highest BCUT2D eigenvalue weighted by Gasteiger charge is 2.05. The lowest BCUT2D eigenvalue weighted by Crippen LogP contribution is -1.92. The van der Waals surface area contributed by atoms with Gasteiger partial charge in [0.25, 0.3) is 0 Å². The number of aromatic nitrogens is 2. The maximum Gasteiger partial charge on any atom is 0.134 e. The molecule has 1 heterocycles. The SMILES string of the molecule is CCn1cc(CSc2ccc(N)cc2OC)cn1. The number of hydrogen-bond acceptors (Lipinski definition) is 4. The number of ether oxygens (including phenoxy) is 1. The topological polar surface area (TPSA) is 53.1 Å². The molecule has 0 bridgehead atoms. The van der Waals surface area contributed by atoms with Gasteiger partial charge in [-0.3, -0.25) is 4.68 Å². The maximum atomic E-state index is 5.73. The monoisotopic (exact) mass is 263 g/mol. The van der Waals surface area contributed by atoms with Crippen molar-refractivity contribution in [3.05, 3.63) is 36.2 Å². The van der Waals surface area contributed by atoms with E-state index >= 15 is 0 Å². The van der Waals surface area contributed by atoms with Gasteiger partial charge in [0.05, 0.1) is 13.3 Å². The van der Waals surface area contributed by atoms with E-state index in [0.717, 1.165) is 28.6 Å². The highest BCUT2D eigenvalue weighted by Crippen LogP contribution is 2.32. The van der Waals surface area contributed by atoms with Crippen LogP contribution >= 0.6 is 11.8 Å². The molecule has 0 atom stereocenters. The van der Waals surface area contributed by atoms with Crippen molar-refractivity contribution in [2.75, 3.05) is 12.8 Å². The van der Waals surface area contributed by atoms with Crippen LogP contribution < -0.4 is 10.5 Å². The number of hydrogen-bond donors (Lipinski definition) is 1. The van der Waals surface area contributed by atoms with E-state index in [4.69, 9.17) is 10.5 Å². The minimum atomic E-state index is 0.718. The van der Waals surface area contributed by atoms with Crippen molar-refractivity contribution in [1.29, 1.82) is 0 Å². The van der Waals surface area contributed by atoms with E-state index in [0.29, 0.717) is 0 Å². The van der Waals surface area contributed by atoms with Crippen LogP contribution in [0.25, 0.3) is 0 Å². The van der Waals surface area contributed by atoms with Crippen molar-refractivity contribution >= 4 is 17.4 Å². The number of nitrogens with zero attached hydrogens (tertiary/aromatic N) is 2. The molecular formula is C13H17N3OS. The van der Waals surface area contributed by atoms with Gasteiger partial charge in [0, 0.05) is 40.7 Å². The fraction of sp³-hybridized carbons (Fsp3) is 0.308. The highest BCUT2D eigenvalue weighted by atomic mass is 32.2. The van der Waals surface area contributed by atoms with Gasteiger partial charge in [0.1, 0.15) is 5.75 Å². The van der Waals surface area contributed by atoms with E-state index in [1.807, 2.05) is 29.1 Å². The summed E-state index contributed by atoms with van der Waals surface area (Å²) in [4.78, 5) is 1.09. The van der Waals surface area contributed by atoms with Gasteiger partial charge in [0.2, 0.25) is 0 Å². The number of rotatable bonds is 5. The van der Waals surface area contributed by atoms with Crippen LogP contribution in [0, 0.1) is 0 Å². The van der Waals surface area contributed by atoms with Gasteiger partial charge in [-0.25, -0.2) is 0 Å². The summed E-state index contributed by atoms with van der Waals surface area (Å²) in [5, 5.41) is 4.26. The summed E-state index contributed by atoms with van der Waals surface area (Å²) in [6, 6.07) is 5.72. The number of nitrogen functional groups attached to an aromatic ring is 1. The van der Waals surface area contributed by atoms with E-state index in [2.05, 4.69) is 18.2 Å². The van der Waals surface area contributed by atoms with E-state index < -0.39 is 0 Å². The first-order chi connectivity index (χ1) is 8.72. The molecule has 96 valence electrons. The van der Waals surface area contributed by atoms with Gasteiger partial charge >= 0.3 is 0 Å². The summed E-state index contributed by atoms with van der Waals surface area (Å²) < 4.78 is 7.25. The van der Waals surface area contributed by atoms with Gasteiger partial charge in [0.15, 0.2) is 0 Å². The number of nitrogens with two attached hydrogens (primary N) is 1. The van der Waals surface area contributed by atoms with Crippen molar-refractivity contribution in [3.8, 4) is 5.75 Å². The van der Waals surface area contributed by atoms with E-state index in [1.54, 1.807) is 18.9 Å². The number of methoxy groups -OCH3 is 1. The molecule has 0 amide bonds. The summed E-state index contributed by atoms with van der Waals surface area (Å²) >= 11 is 1.72. The predicted octanol–water partition coefficient (Wildman–Crippen LogP) is 2.79. The molecule has 5 heteroatoms. The quantitative estimate of drug-likeness (QED) is 0.665. The lowest BCUT2D eigenvalue weighted by atomic mass is 10.3. The van der Waals surface area contributed by atoms with Crippen LogP contribution in [-0.4, -0.2) is 16.9 Å². The van der Waals surface area contributed by atoms with Crippen molar-refractivity contribution in [3.63, 3.8) is 0 Å². The Labute approximate surface area is 111 Å². The average molecular weight is 263 g/mol. The second kappa shape index (κ2) is 5.82. The highest BCUT2D eigenvalue weighted by molar-refractivity contribution is 7.98. The fourth-order valence-electron chi connectivity index (χ4n) is 1.62. The molecule has 0 radical (unpaired) electrons. The summed E-state index contributed by atoms with van der Waals surface area (Å²) in [6.45, 7) is 2.97. The minimum Gasteiger partial charge on any atom is -0.496 e. The van der Waals surface area contributed by atoms with Crippen LogP contribution in [0.3, 0.4) is 0 Å². The van der Waals surface area contributed by atoms with Gasteiger partial charge < -0.3 is 10.5 Å². The molecule has 0 fully saturated rings. The van der Waals surface area contributed by atoms with Gasteiger partial charge in [-0.1, -0.05) is 0 Å². The van der Waals surface area contributed by atoms with Crippen molar-refractivity contribution < 1.29 is 4.74 Å². The van der Waals surface area contributed by atoms with Crippen molar-refractivity contribution in [2.45, 2.75) is 24.1 Å². The molecule has 2 aromatic rings. The van der Waals surface area contributed by atoms with Crippen LogP contribution in [0.15, 0.2) is 35.5 Å². The zero-order valence-electron chi connectivity index (χ0n) is 10.6. The zero-order valence-corrected chi connectivity index (χ0v) is 11.4. The minimum absolute atomic E-state index is 0.718. The first-order valence-electron chi connectivity index (χ1n) is 5.80. The Morgan fingerprint density at radius 3 is 2.94 bits per heavy atom. The maximum absolute atomic E-state index is 5.73. The van der Waals surface area contributed by atoms with Crippen LogP contribution in [0.1, 0.15) is 12.5 Å². The molecule has 1 aromatic carbocycles. The van der Waals surface area contributed by atoms with Crippen LogP contribution in [0.2, 0.25) is 0 Å². The normalized spacial score (nSPS) is 10.6. The average Bonchev–Trinajstić information content (AvgIpc) is 2.85. The van der Waals surface area contributed by atoms with Gasteiger partial charge in [-0.15, -0.1) is 11.8 Å². The second-order valence-corrected chi connectivity index (χ2v) is 4.92. The molecule has 0 aliphatic carbocycles. The number of thioether (sulfide) groups is 1. The third-order valence-electron chi connectivity index (χ3n) is 2.59. The largest absolute Gasteiger partial charge is 0.496 e. The molecule has 0 aliphatic heterocycles. The third-order valence-corrected chi connectivity index (χ3v) is 3.72. The molecular weight excluding hydrogens is 246 g/mol. The molecule has 4 nitrogen and oxygen atoms in total. The van der Waals surface area contributed by atoms with Crippen molar-refractivity contribution in [2.24, 2.45) is 0 Å². The molecule has 0 saturated carbocycles. The zero-order chi connectivity index (χ0) is 13.0. The lowest BCUT2D eigenvalue weighted by Gasteiger charge is -2.08. The van der Waals surface area contributed by atoms with Gasteiger partial charge in [-0.2, -0.15) is 5.10 Å². The van der Waals surface area contributed by atoms with E-state index in [9.17, 15) is 0 Å². The summed E-state index contributed by atoms with van der Waals surface area (Å²) in [7, 11) is 1.66. The summed E-state index contributed by atoms with van der Waals surface area (Å²) in [6.07, 6.45) is 3.97. The molecule has 0 saturated heterocycles. The first kappa shape index (κ1) is 12.8. The molecule has 0 aliphatic rings. The molecule has 2 rings (SSSR count). The second-order valence-electron chi connectivity index (χ2n) is 3.90. The number of aryl methyl sites for hydroxylation is 1. The van der Waals surface area contributed by atoms with E-state index in [1.165, 1.54) is 5.56 Å². The van der Waals surface area contributed by atoms with Crippen LogP contribution in [0.4, 0.5) is 5.69 Å². The lowest BCUT2D eigenvalue weighted by molar-refractivity contribution is 0.405.